The molecule has 8 heteroatoms. The Balaban J connectivity index is 1.41. The first-order chi connectivity index (χ1) is 17.3. The minimum absolute atomic E-state index is 0.0964. The van der Waals surface area contributed by atoms with Crippen molar-refractivity contribution in [3.63, 3.8) is 0 Å². The summed E-state index contributed by atoms with van der Waals surface area (Å²) in [5, 5.41) is 20.5. The highest BCUT2D eigenvalue weighted by Crippen LogP contribution is 2.37. The van der Waals surface area contributed by atoms with E-state index in [-0.39, 0.29) is 12.5 Å². The summed E-state index contributed by atoms with van der Waals surface area (Å²) in [4.78, 5) is 25.9. The van der Waals surface area contributed by atoms with Gasteiger partial charge in [-0.1, -0.05) is 48.0 Å². The summed E-state index contributed by atoms with van der Waals surface area (Å²) in [6.07, 6.45) is 3.30. The van der Waals surface area contributed by atoms with Gasteiger partial charge in [-0.25, -0.2) is 4.98 Å². The number of hydrogen-bond acceptors (Lipinski definition) is 6. The number of halogens is 1. The fourth-order valence-corrected chi connectivity index (χ4v) is 4.69. The van der Waals surface area contributed by atoms with E-state index in [2.05, 4.69) is 16.0 Å². The van der Waals surface area contributed by atoms with Crippen LogP contribution >= 0.6 is 11.6 Å². The number of nitrogens with zero attached hydrogens (tertiary/aromatic N) is 5. The topological polar surface area (TPSA) is 93.4 Å². The zero-order chi connectivity index (χ0) is 25.4. The van der Waals surface area contributed by atoms with Crippen LogP contribution in [0.5, 0.6) is 0 Å². The first-order valence-electron chi connectivity index (χ1n) is 11.6. The zero-order valence-corrected chi connectivity index (χ0v) is 20.7. The third-order valence-corrected chi connectivity index (χ3v) is 6.83. The van der Waals surface area contributed by atoms with Gasteiger partial charge in [0.2, 0.25) is 5.91 Å². The van der Waals surface area contributed by atoms with Crippen molar-refractivity contribution in [3.8, 4) is 17.2 Å². The van der Waals surface area contributed by atoms with Gasteiger partial charge >= 0.3 is 0 Å². The van der Waals surface area contributed by atoms with Crippen LogP contribution in [0.1, 0.15) is 25.0 Å². The van der Waals surface area contributed by atoms with E-state index in [1.807, 2.05) is 47.4 Å². The molecule has 1 saturated heterocycles. The lowest BCUT2D eigenvalue weighted by Crippen LogP contribution is -2.51. The summed E-state index contributed by atoms with van der Waals surface area (Å²) in [5.41, 5.74) is 3.49. The van der Waals surface area contributed by atoms with E-state index in [1.54, 1.807) is 43.3 Å². The van der Waals surface area contributed by atoms with Crippen molar-refractivity contribution in [2.75, 3.05) is 29.4 Å². The van der Waals surface area contributed by atoms with E-state index >= 15 is 0 Å². The molecule has 2 aromatic carbocycles. The molecular formula is C28H24ClN5O2. The Morgan fingerprint density at radius 3 is 2.44 bits per heavy atom. The average molecular weight is 498 g/mol. The number of carbonyl (C=O) groups is 1. The first kappa shape index (κ1) is 23.7. The zero-order valence-electron chi connectivity index (χ0n) is 19.9. The first-order valence-corrected chi connectivity index (χ1v) is 12.0. The van der Waals surface area contributed by atoms with Gasteiger partial charge < -0.3 is 14.9 Å². The molecule has 0 aliphatic carbocycles. The molecular weight excluding hydrogens is 474 g/mol. The van der Waals surface area contributed by atoms with Crippen molar-refractivity contribution in [3.05, 3.63) is 83.1 Å². The maximum Gasteiger partial charge on any atom is 0.246 e. The predicted octanol–water partition coefficient (Wildman–Crippen LogP) is 4.90. The van der Waals surface area contributed by atoms with Crippen LogP contribution < -0.4 is 9.80 Å². The Morgan fingerprint density at radius 1 is 1.03 bits per heavy atom. The SMILES string of the molecule is CC(C)(O)c1ccc(N2CCN(c3cnc4c(-c5ccc(C#N)cc5)cccc4c3Cl)C(=O)C2)nc1. The quantitative estimate of drug-likeness (QED) is 0.431. The molecule has 0 atom stereocenters. The Morgan fingerprint density at radius 2 is 1.81 bits per heavy atom. The smallest absolute Gasteiger partial charge is 0.246 e. The highest BCUT2D eigenvalue weighted by atomic mass is 35.5. The van der Waals surface area contributed by atoms with Crippen molar-refractivity contribution in [1.82, 2.24) is 9.97 Å². The number of fused-ring (bicyclic) bond motifs is 1. The van der Waals surface area contributed by atoms with Gasteiger partial charge in [0.05, 0.1) is 46.2 Å². The van der Waals surface area contributed by atoms with E-state index in [0.717, 1.165) is 22.0 Å². The molecule has 0 spiro atoms. The molecule has 4 aromatic rings. The van der Waals surface area contributed by atoms with Crippen molar-refractivity contribution in [2.45, 2.75) is 19.4 Å². The predicted molar refractivity (Wildman–Crippen MR) is 141 cm³/mol. The second-order valence-corrected chi connectivity index (χ2v) is 9.66. The Bertz CT molecular complexity index is 1490. The lowest BCUT2D eigenvalue weighted by Gasteiger charge is -2.35. The molecule has 180 valence electrons. The molecule has 3 heterocycles. The average Bonchev–Trinajstić information content (AvgIpc) is 2.89. The molecule has 0 saturated carbocycles. The number of hydrogen-bond donors (Lipinski definition) is 1. The molecule has 1 fully saturated rings. The number of anilines is 2. The van der Waals surface area contributed by atoms with E-state index in [0.29, 0.717) is 40.7 Å². The number of aliphatic hydroxyl groups is 1. The van der Waals surface area contributed by atoms with Gasteiger partial charge in [-0.05, 0) is 37.6 Å². The number of aromatic nitrogens is 2. The van der Waals surface area contributed by atoms with Crippen LogP contribution in [0.4, 0.5) is 11.5 Å². The van der Waals surface area contributed by atoms with Crippen molar-refractivity contribution >= 4 is 39.9 Å². The molecule has 7 nitrogen and oxygen atoms in total. The molecule has 5 rings (SSSR count). The largest absolute Gasteiger partial charge is 0.386 e. The van der Waals surface area contributed by atoms with E-state index < -0.39 is 5.60 Å². The monoisotopic (exact) mass is 497 g/mol. The summed E-state index contributed by atoms with van der Waals surface area (Å²) in [5.74, 6) is 0.590. The third kappa shape index (κ3) is 4.37. The van der Waals surface area contributed by atoms with Crippen molar-refractivity contribution in [1.29, 1.82) is 5.26 Å². The lowest BCUT2D eigenvalue weighted by atomic mass is 10.0. The molecule has 1 N–H and O–H groups in total. The van der Waals surface area contributed by atoms with Crippen LogP contribution in [0.3, 0.4) is 0 Å². The van der Waals surface area contributed by atoms with E-state index in [4.69, 9.17) is 16.9 Å². The van der Waals surface area contributed by atoms with Gasteiger partial charge in [-0.2, -0.15) is 5.26 Å². The Kier molecular flexibility index (Phi) is 6.09. The number of rotatable bonds is 4. The van der Waals surface area contributed by atoms with Gasteiger partial charge in [0, 0.05) is 35.8 Å². The number of para-hydroxylation sites is 1. The maximum absolute atomic E-state index is 13.1. The van der Waals surface area contributed by atoms with Crippen LogP contribution in [0.2, 0.25) is 5.02 Å². The third-order valence-electron chi connectivity index (χ3n) is 6.43. The van der Waals surface area contributed by atoms with Gasteiger partial charge in [-0.15, -0.1) is 0 Å². The molecule has 1 amide bonds. The second kappa shape index (κ2) is 9.23. The summed E-state index contributed by atoms with van der Waals surface area (Å²) in [6.45, 7) is 4.60. The molecule has 0 radical (unpaired) electrons. The molecule has 36 heavy (non-hydrogen) atoms. The molecule has 0 unspecified atom stereocenters. The maximum atomic E-state index is 13.1. The summed E-state index contributed by atoms with van der Waals surface area (Å²) >= 11 is 6.83. The second-order valence-electron chi connectivity index (χ2n) is 9.28. The lowest BCUT2D eigenvalue weighted by molar-refractivity contribution is -0.117. The molecule has 1 aliphatic heterocycles. The summed E-state index contributed by atoms with van der Waals surface area (Å²) in [7, 11) is 0. The van der Waals surface area contributed by atoms with Gasteiger partial charge in [-0.3, -0.25) is 9.78 Å². The normalized spacial score (nSPS) is 14.2. The van der Waals surface area contributed by atoms with Crippen molar-refractivity contribution < 1.29 is 9.90 Å². The van der Waals surface area contributed by atoms with Crippen LogP contribution in [-0.4, -0.2) is 40.6 Å². The van der Waals surface area contributed by atoms with Gasteiger partial charge in [0.15, 0.2) is 0 Å². The molecule has 0 bridgehead atoms. The van der Waals surface area contributed by atoms with E-state index in [9.17, 15) is 9.90 Å². The fraction of sp³-hybridized carbons (Fsp3) is 0.214. The number of benzene rings is 2. The fourth-order valence-electron chi connectivity index (χ4n) is 4.38. The van der Waals surface area contributed by atoms with E-state index in [1.165, 1.54) is 0 Å². The molecule has 2 aromatic heterocycles. The number of carbonyl (C=O) groups excluding carboxylic acids is 1. The highest BCUT2D eigenvalue weighted by Gasteiger charge is 2.28. The highest BCUT2D eigenvalue weighted by molar-refractivity contribution is 6.39. The van der Waals surface area contributed by atoms with Crippen LogP contribution in [0.15, 0.2) is 67.0 Å². The number of amides is 1. The van der Waals surface area contributed by atoms with Crippen LogP contribution in [-0.2, 0) is 10.4 Å². The number of nitriles is 1. The number of piperazine rings is 1. The van der Waals surface area contributed by atoms with Gasteiger partial charge in [0.25, 0.3) is 0 Å². The molecule has 1 aliphatic rings. The minimum atomic E-state index is -0.972. The summed E-state index contributed by atoms with van der Waals surface area (Å²) < 4.78 is 0. The number of pyridine rings is 2. The minimum Gasteiger partial charge on any atom is -0.386 e. The van der Waals surface area contributed by atoms with Crippen LogP contribution in [0.25, 0.3) is 22.0 Å². The van der Waals surface area contributed by atoms with Crippen LogP contribution in [0, 0.1) is 11.3 Å². The Labute approximate surface area is 214 Å². The van der Waals surface area contributed by atoms with Gasteiger partial charge in [0.1, 0.15) is 5.82 Å². The summed E-state index contributed by atoms with van der Waals surface area (Å²) in [6, 6.07) is 18.9. The Hall–Kier alpha value is -3.99. The van der Waals surface area contributed by atoms with Crippen molar-refractivity contribution in [2.24, 2.45) is 0 Å². The standard InChI is InChI=1S/C28H24ClN5O2/c1-28(2,36)20-10-11-24(31-15-20)33-12-13-34(25(35)17-33)23-16-32-27-21(4-3-5-22(27)26(23)29)19-8-6-18(14-30)7-9-19/h3-11,15-16,36H,12-13,17H2,1-2H3.